The van der Waals surface area contributed by atoms with Crippen molar-refractivity contribution in [1.82, 2.24) is 0 Å². The smallest absolute Gasteiger partial charge is 0.380 e. The Kier molecular flexibility index (Phi) is 5.70. The Balaban J connectivity index is 3.27. The average molecular weight is 326 g/mol. The molecule has 0 spiro atoms. The number of para-hydroxylation sites is 1. The number of sulfone groups is 1. The van der Waals surface area contributed by atoms with Gasteiger partial charge in [0, 0.05) is 0 Å². The molecule has 0 aliphatic carbocycles. The first kappa shape index (κ1) is 17.1. The fraction of sp³-hybridized carbons (Fsp3) is 0.455. The molecule has 1 aromatic carbocycles. The summed E-state index contributed by atoms with van der Waals surface area (Å²) >= 11 is 0. The third-order valence-electron chi connectivity index (χ3n) is 2.29. The number of phenolic OH excluding ortho intramolecular Hbond substituents is 1. The summed E-state index contributed by atoms with van der Waals surface area (Å²) in [5.74, 6) is -0.630. The molecule has 9 heteroatoms. The Hall–Kier alpha value is -0.950. The number of benzene rings is 1. The van der Waals surface area contributed by atoms with Crippen LogP contribution in [0.25, 0.3) is 0 Å². The summed E-state index contributed by atoms with van der Waals surface area (Å²) in [6.45, 7) is 2.53. The van der Waals surface area contributed by atoms with E-state index in [0.717, 1.165) is 12.1 Å². The molecule has 114 valence electrons. The molecule has 0 heterocycles. The summed E-state index contributed by atoms with van der Waals surface area (Å²) in [4.78, 5) is -0.660. The zero-order valence-corrected chi connectivity index (χ0v) is 12.7. The summed E-state index contributed by atoms with van der Waals surface area (Å²) in [6, 6.07) is 4.79. The van der Waals surface area contributed by atoms with Crippen LogP contribution < -0.4 is 0 Å². The number of rotatable bonds is 7. The van der Waals surface area contributed by atoms with Gasteiger partial charge in [-0.2, -0.15) is 0 Å². The van der Waals surface area contributed by atoms with Crippen LogP contribution in [0.2, 0.25) is 0 Å². The molecule has 0 saturated carbocycles. The lowest BCUT2D eigenvalue weighted by Gasteiger charge is -2.20. The second-order valence-corrected chi connectivity index (χ2v) is 8.02. The molecule has 6 nitrogen and oxygen atoms in total. The van der Waals surface area contributed by atoms with Gasteiger partial charge in [0.05, 0.1) is 13.2 Å². The van der Waals surface area contributed by atoms with Crippen LogP contribution in [0, 0.1) is 0 Å². The molecule has 1 atom stereocenters. The summed E-state index contributed by atoms with van der Waals surface area (Å²) in [5, 5.41) is 6.60. The van der Waals surface area contributed by atoms with Crippen molar-refractivity contribution >= 4 is 17.4 Å². The molecular formula is C11H16FO6PS. The van der Waals surface area contributed by atoms with Crippen LogP contribution in [0.15, 0.2) is 29.2 Å². The van der Waals surface area contributed by atoms with E-state index in [2.05, 4.69) is 9.05 Å². The largest absolute Gasteiger partial charge is 0.507 e. The second kappa shape index (κ2) is 6.67. The van der Waals surface area contributed by atoms with Crippen molar-refractivity contribution in [3.8, 4) is 5.75 Å². The average Bonchev–Trinajstić information content (AvgIpc) is 2.38. The molecule has 0 bridgehead atoms. The highest BCUT2D eigenvalue weighted by Gasteiger charge is 2.47. The summed E-state index contributed by atoms with van der Waals surface area (Å²) in [5.41, 5.74) is 0. The first-order valence-electron chi connectivity index (χ1n) is 5.84. The van der Waals surface area contributed by atoms with Crippen LogP contribution in [0.5, 0.6) is 5.75 Å². The quantitative estimate of drug-likeness (QED) is 0.775. The summed E-state index contributed by atoms with van der Waals surface area (Å²) in [6.07, 6.45) is 0. The van der Waals surface area contributed by atoms with Crippen LogP contribution in [-0.4, -0.2) is 32.0 Å². The van der Waals surface area contributed by atoms with Gasteiger partial charge in [-0.25, -0.2) is 12.8 Å². The highest BCUT2D eigenvalue weighted by molar-refractivity contribution is 7.98. The molecule has 0 saturated heterocycles. The SMILES string of the molecule is CCOP(=O)(OCC)C(F)S(=O)(=O)c1ccccc1O. The highest BCUT2D eigenvalue weighted by Crippen LogP contribution is 2.57. The van der Waals surface area contributed by atoms with Crippen LogP contribution in [0.1, 0.15) is 13.8 Å². The number of aromatic hydroxyl groups is 1. The first-order chi connectivity index (χ1) is 9.29. The van der Waals surface area contributed by atoms with Crippen molar-refractivity contribution < 1.29 is 31.5 Å². The van der Waals surface area contributed by atoms with Crippen LogP contribution in [0.4, 0.5) is 4.39 Å². The Morgan fingerprint density at radius 3 is 2.20 bits per heavy atom. The molecule has 1 unspecified atom stereocenters. The first-order valence-corrected chi connectivity index (χ1v) is 9.00. The van der Waals surface area contributed by atoms with E-state index < -0.39 is 33.3 Å². The fourth-order valence-electron chi connectivity index (χ4n) is 1.49. The number of hydrogen-bond acceptors (Lipinski definition) is 6. The van der Waals surface area contributed by atoms with E-state index in [1.54, 1.807) is 0 Å². The van der Waals surface area contributed by atoms with Gasteiger partial charge in [0.2, 0.25) is 9.84 Å². The standard InChI is InChI=1S/C11H16FO6PS/c1-3-17-19(14,18-4-2)11(12)20(15,16)10-8-6-5-7-9(10)13/h5-8,11,13H,3-4H2,1-2H3. The van der Waals surface area contributed by atoms with Gasteiger partial charge in [-0.3, -0.25) is 4.57 Å². The molecule has 1 aromatic rings. The zero-order valence-electron chi connectivity index (χ0n) is 11.0. The number of alkyl halides is 1. The van der Waals surface area contributed by atoms with Gasteiger partial charge < -0.3 is 14.2 Å². The minimum atomic E-state index is -4.70. The number of halogens is 1. The molecular weight excluding hydrogens is 310 g/mol. The minimum absolute atomic E-state index is 0.173. The van der Waals surface area contributed by atoms with Crippen LogP contribution in [0.3, 0.4) is 0 Å². The van der Waals surface area contributed by atoms with E-state index in [-0.39, 0.29) is 13.2 Å². The van der Waals surface area contributed by atoms with E-state index in [1.807, 2.05) is 0 Å². The van der Waals surface area contributed by atoms with E-state index in [1.165, 1.54) is 26.0 Å². The Bertz CT molecular complexity index is 593. The molecule has 0 radical (unpaired) electrons. The zero-order chi connectivity index (χ0) is 15.4. The van der Waals surface area contributed by atoms with Gasteiger partial charge in [-0.15, -0.1) is 0 Å². The molecule has 1 rings (SSSR count). The minimum Gasteiger partial charge on any atom is -0.507 e. The normalized spacial score (nSPS) is 14.2. The highest BCUT2D eigenvalue weighted by atomic mass is 32.2. The lowest BCUT2D eigenvalue weighted by atomic mass is 10.3. The summed E-state index contributed by atoms with van der Waals surface area (Å²) < 4.78 is 59.9. The van der Waals surface area contributed by atoms with Crippen LogP contribution in [-0.2, 0) is 23.4 Å². The number of phenols is 1. The molecule has 0 fully saturated rings. The van der Waals surface area contributed by atoms with Crippen molar-refractivity contribution in [1.29, 1.82) is 0 Å². The predicted octanol–water partition coefficient (Wildman–Crippen LogP) is 2.69. The summed E-state index contributed by atoms with van der Waals surface area (Å²) in [7, 11) is -9.18. The maximum absolute atomic E-state index is 14.3. The molecule has 0 aromatic heterocycles. The van der Waals surface area contributed by atoms with Gasteiger partial charge >= 0.3 is 12.8 Å². The maximum atomic E-state index is 14.3. The van der Waals surface area contributed by atoms with Gasteiger partial charge in [0.25, 0.3) is 0 Å². The van der Waals surface area contributed by atoms with Crippen molar-refractivity contribution in [2.45, 2.75) is 24.0 Å². The molecule has 1 N–H and O–H groups in total. The molecule has 0 aliphatic heterocycles. The lowest BCUT2D eigenvalue weighted by molar-refractivity contribution is 0.203. The van der Waals surface area contributed by atoms with E-state index in [9.17, 15) is 22.5 Å². The van der Waals surface area contributed by atoms with Crippen molar-refractivity contribution in [3.05, 3.63) is 24.3 Å². The fourth-order valence-corrected chi connectivity index (χ4v) is 5.42. The van der Waals surface area contributed by atoms with Crippen LogP contribution >= 0.6 is 7.60 Å². The van der Waals surface area contributed by atoms with Gasteiger partial charge in [0.15, 0.2) is 0 Å². The predicted molar refractivity (Wildman–Crippen MR) is 71.0 cm³/mol. The number of hydrogen-bond donors (Lipinski definition) is 1. The topological polar surface area (TPSA) is 89.9 Å². The van der Waals surface area contributed by atoms with Crippen molar-refractivity contribution in [2.24, 2.45) is 0 Å². The molecule has 20 heavy (non-hydrogen) atoms. The second-order valence-electron chi connectivity index (χ2n) is 3.68. The molecule has 0 amide bonds. The van der Waals surface area contributed by atoms with Gasteiger partial charge in [0.1, 0.15) is 10.6 Å². The van der Waals surface area contributed by atoms with Crippen molar-refractivity contribution in [2.75, 3.05) is 13.2 Å². The van der Waals surface area contributed by atoms with Gasteiger partial charge in [-0.1, -0.05) is 12.1 Å². The molecule has 0 aliphatic rings. The van der Waals surface area contributed by atoms with E-state index in [4.69, 9.17) is 0 Å². The lowest BCUT2D eigenvalue weighted by Crippen LogP contribution is -2.20. The third-order valence-corrected chi connectivity index (χ3v) is 7.11. The van der Waals surface area contributed by atoms with E-state index >= 15 is 0 Å². The van der Waals surface area contributed by atoms with E-state index in [0.29, 0.717) is 0 Å². The van der Waals surface area contributed by atoms with Crippen molar-refractivity contribution in [3.63, 3.8) is 0 Å². The maximum Gasteiger partial charge on any atom is 0.380 e. The Labute approximate surface area is 117 Å². The Morgan fingerprint density at radius 1 is 1.25 bits per heavy atom. The monoisotopic (exact) mass is 326 g/mol. The third kappa shape index (κ3) is 3.38. The van der Waals surface area contributed by atoms with Gasteiger partial charge in [-0.05, 0) is 26.0 Å². The Morgan fingerprint density at radius 2 is 1.75 bits per heavy atom.